The Kier molecular flexibility index (Phi) is 2.40. The number of Topliss-reactive ketones (excluding diaryl/α,β-unsaturated/α-hetero) is 1. The average molecular weight is 194 g/mol. The largest absolute Gasteiger partial charge is 0.466 e. The van der Waals surface area contributed by atoms with Gasteiger partial charge in [-0.3, -0.25) is 9.59 Å². The van der Waals surface area contributed by atoms with Gasteiger partial charge in [-0.1, -0.05) is 0 Å². The molecule has 3 nitrogen and oxygen atoms in total. The number of rotatable bonds is 2. The summed E-state index contributed by atoms with van der Waals surface area (Å²) in [4.78, 5) is 23.0. The lowest BCUT2D eigenvalue weighted by atomic mass is 9.99. The maximum absolute atomic E-state index is 11.5. The highest BCUT2D eigenvalue weighted by molar-refractivity contribution is 6.03. The summed E-state index contributed by atoms with van der Waals surface area (Å²) in [6, 6.07) is 0. The highest BCUT2D eigenvalue weighted by atomic mass is 16.5. The van der Waals surface area contributed by atoms with Crippen LogP contribution in [0.5, 0.6) is 0 Å². The minimum absolute atomic E-state index is 0.163. The number of ketones is 1. The molecule has 2 aliphatic rings. The monoisotopic (exact) mass is 194 g/mol. The molecule has 2 rings (SSSR count). The van der Waals surface area contributed by atoms with E-state index in [1.54, 1.807) is 6.92 Å². The van der Waals surface area contributed by atoms with Crippen molar-refractivity contribution in [1.82, 2.24) is 0 Å². The molecular weight excluding hydrogens is 180 g/mol. The van der Waals surface area contributed by atoms with E-state index >= 15 is 0 Å². The molecule has 0 saturated carbocycles. The number of esters is 1. The Balaban J connectivity index is 2.16. The van der Waals surface area contributed by atoms with Crippen LogP contribution in [0.4, 0.5) is 0 Å². The van der Waals surface area contributed by atoms with Crippen molar-refractivity contribution in [2.24, 2.45) is 5.92 Å². The highest BCUT2D eigenvalue weighted by Gasteiger charge is 2.39. The van der Waals surface area contributed by atoms with E-state index in [1.165, 1.54) is 0 Å². The summed E-state index contributed by atoms with van der Waals surface area (Å²) >= 11 is 0. The Hall–Kier alpha value is -1.12. The van der Waals surface area contributed by atoms with Gasteiger partial charge in [-0.15, -0.1) is 0 Å². The van der Waals surface area contributed by atoms with E-state index in [2.05, 4.69) is 0 Å². The molecule has 0 radical (unpaired) electrons. The lowest BCUT2D eigenvalue weighted by molar-refractivity contribution is -0.147. The third-order valence-electron chi connectivity index (χ3n) is 2.98. The molecule has 1 atom stereocenters. The van der Waals surface area contributed by atoms with Gasteiger partial charge in [-0.05, 0) is 37.3 Å². The summed E-state index contributed by atoms with van der Waals surface area (Å²) in [5.41, 5.74) is 1.98. The van der Waals surface area contributed by atoms with Gasteiger partial charge in [-0.25, -0.2) is 0 Å². The van der Waals surface area contributed by atoms with Crippen LogP contribution in [0.25, 0.3) is 0 Å². The van der Waals surface area contributed by atoms with E-state index in [0.717, 1.165) is 30.4 Å². The zero-order valence-electron chi connectivity index (χ0n) is 8.34. The number of hydrogen-bond donors (Lipinski definition) is 0. The fourth-order valence-corrected chi connectivity index (χ4v) is 2.37. The van der Waals surface area contributed by atoms with E-state index in [-0.39, 0.29) is 17.7 Å². The molecular formula is C11H14O3. The number of ether oxygens (including phenoxy) is 1. The second-order valence-corrected chi connectivity index (χ2v) is 3.79. The molecule has 0 N–H and O–H groups in total. The SMILES string of the molecule is CCOC(=O)C1CC(=O)C2=C1CCC2. The normalized spacial score (nSPS) is 25.5. The molecule has 14 heavy (non-hydrogen) atoms. The van der Waals surface area contributed by atoms with Crippen LogP contribution < -0.4 is 0 Å². The lowest BCUT2D eigenvalue weighted by Crippen LogP contribution is -2.18. The van der Waals surface area contributed by atoms with Crippen molar-refractivity contribution in [2.75, 3.05) is 6.61 Å². The maximum atomic E-state index is 11.5. The first-order valence-corrected chi connectivity index (χ1v) is 5.15. The van der Waals surface area contributed by atoms with Crippen LogP contribution in [0.2, 0.25) is 0 Å². The molecule has 1 unspecified atom stereocenters. The summed E-state index contributed by atoms with van der Waals surface area (Å²) in [6.45, 7) is 2.19. The average Bonchev–Trinajstić information content (AvgIpc) is 2.70. The van der Waals surface area contributed by atoms with Crippen LogP contribution in [-0.2, 0) is 14.3 Å². The summed E-state index contributed by atoms with van der Waals surface area (Å²) in [5.74, 6) is -0.303. The standard InChI is InChI=1S/C11H14O3/c1-2-14-11(13)9-6-10(12)8-5-3-4-7(8)9/h9H,2-6H2,1H3. The van der Waals surface area contributed by atoms with Crippen molar-refractivity contribution in [3.63, 3.8) is 0 Å². The highest BCUT2D eigenvalue weighted by Crippen LogP contribution is 2.40. The minimum atomic E-state index is -0.250. The van der Waals surface area contributed by atoms with Crippen molar-refractivity contribution in [3.8, 4) is 0 Å². The van der Waals surface area contributed by atoms with Crippen molar-refractivity contribution in [2.45, 2.75) is 32.6 Å². The van der Waals surface area contributed by atoms with Gasteiger partial charge >= 0.3 is 5.97 Å². The molecule has 76 valence electrons. The van der Waals surface area contributed by atoms with Crippen molar-refractivity contribution in [3.05, 3.63) is 11.1 Å². The Labute approximate surface area is 83.1 Å². The molecule has 2 aliphatic carbocycles. The Bertz CT molecular complexity index is 314. The van der Waals surface area contributed by atoms with Crippen LogP contribution in [0, 0.1) is 5.92 Å². The number of hydrogen-bond acceptors (Lipinski definition) is 3. The Morgan fingerprint density at radius 3 is 3.00 bits per heavy atom. The third kappa shape index (κ3) is 1.37. The number of allylic oxidation sites excluding steroid dienone is 1. The second kappa shape index (κ2) is 3.56. The lowest BCUT2D eigenvalue weighted by Gasteiger charge is -2.10. The van der Waals surface area contributed by atoms with Gasteiger partial charge in [0.25, 0.3) is 0 Å². The van der Waals surface area contributed by atoms with Gasteiger partial charge in [-0.2, -0.15) is 0 Å². The predicted octanol–water partition coefficient (Wildman–Crippen LogP) is 1.62. The molecule has 0 saturated heterocycles. The fourth-order valence-electron chi connectivity index (χ4n) is 2.37. The molecule has 0 aliphatic heterocycles. The maximum Gasteiger partial charge on any atom is 0.313 e. The predicted molar refractivity (Wildman–Crippen MR) is 50.6 cm³/mol. The van der Waals surface area contributed by atoms with Gasteiger partial charge in [0.15, 0.2) is 5.78 Å². The minimum Gasteiger partial charge on any atom is -0.466 e. The Morgan fingerprint density at radius 2 is 2.29 bits per heavy atom. The first kappa shape index (κ1) is 9.44. The third-order valence-corrected chi connectivity index (χ3v) is 2.98. The van der Waals surface area contributed by atoms with Gasteiger partial charge < -0.3 is 4.74 Å². The Morgan fingerprint density at radius 1 is 1.50 bits per heavy atom. The van der Waals surface area contributed by atoms with Crippen molar-refractivity contribution < 1.29 is 14.3 Å². The number of carbonyl (C=O) groups is 2. The van der Waals surface area contributed by atoms with Crippen molar-refractivity contribution >= 4 is 11.8 Å². The summed E-state index contributed by atoms with van der Waals surface area (Å²) < 4.78 is 4.96. The molecule has 0 aromatic rings. The van der Waals surface area contributed by atoms with Gasteiger partial charge in [0, 0.05) is 6.42 Å². The fraction of sp³-hybridized carbons (Fsp3) is 0.636. The summed E-state index contributed by atoms with van der Waals surface area (Å²) in [6.07, 6.45) is 3.14. The van der Waals surface area contributed by atoms with Crippen LogP contribution >= 0.6 is 0 Å². The molecule has 0 bridgehead atoms. The zero-order chi connectivity index (χ0) is 10.1. The number of carbonyl (C=O) groups excluding carboxylic acids is 2. The quantitative estimate of drug-likeness (QED) is 0.627. The van der Waals surface area contributed by atoms with Gasteiger partial charge in [0.2, 0.25) is 0 Å². The van der Waals surface area contributed by atoms with E-state index < -0.39 is 0 Å². The molecule has 0 fully saturated rings. The zero-order valence-corrected chi connectivity index (χ0v) is 8.34. The topological polar surface area (TPSA) is 43.4 Å². The first-order chi connectivity index (χ1) is 6.74. The van der Waals surface area contributed by atoms with Crippen LogP contribution in [0.3, 0.4) is 0 Å². The van der Waals surface area contributed by atoms with Crippen LogP contribution in [0.15, 0.2) is 11.1 Å². The van der Waals surface area contributed by atoms with E-state index in [1.807, 2.05) is 0 Å². The summed E-state index contributed by atoms with van der Waals surface area (Å²) in [7, 11) is 0. The van der Waals surface area contributed by atoms with E-state index in [0.29, 0.717) is 13.0 Å². The smallest absolute Gasteiger partial charge is 0.313 e. The molecule has 0 aromatic heterocycles. The second-order valence-electron chi connectivity index (χ2n) is 3.79. The molecule has 0 amide bonds. The molecule has 0 spiro atoms. The van der Waals surface area contributed by atoms with Gasteiger partial charge in [0.05, 0.1) is 12.5 Å². The van der Waals surface area contributed by atoms with Crippen LogP contribution in [-0.4, -0.2) is 18.4 Å². The van der Waals surface area contributed by atoms with E-state index in [9.17, 15) is 9.59 Å². The first-order valence-electron chi connectivity index (χ1n) is 5.15. The van der Waals surface area contributed by atoms with E-state index in [4.69, 9.17) is 4.74 Å². The molecule has 3 heteroatoms. The van der Waals surface area contributed by atoms with Gasteiger partial charge in [0.1, 0.15) is 0 Å². The molecule has 0 aromatic carbocycles. The van der Waals surface area contributed by atoms with Crippen LogP contribution in [0.1, 0.15) is 32.6 Å². The van der Waals surface area contributed by atoms with Crippen molar-refractivity contribution in [1.29, 1.82) is 0 Å². The molecule has 0 heterocycles. The summed E-state index contributed by atoms with van der Waals surface area (Å²) in [5, 5.41) is 0.